The van der Waals surface area contributed by atoms with Crippen molar-refractivity contribution < 1.29 is 57.1 Å². The number of hydrogen-bond donors (Lipinski definition) is 0. The lowest BCUT2D eigenvalue weighted by molar-refractivity contribution is -0.133. The molecule has 0 aliphatic rings. The van der Waals surface area contributed by atoms with Crippen molar-refractivity contribution >= 4 is 34.6 Å². The van der Waals surface area contributed by atoms with Crippen molar-refractivity contribution in [3.63, 3.8) is 0 Å². The third-order valence-electron chi connectivity index (χ3n) is 7.63. The van der Waals surface area contributed by atoms with Gasteiger partial charge in [-0.15, -0.1) is 0 Å². The maximum Gasteiger partial charge on any atom is 0.341 e. The second-order valence-corrected chi connectivity index (χ2v) is 11.8. The molecule has 0 bridgehead atoms. The normalized spacial score (nSPS) is 10.7. The number of rotatable bonds is 18. The average Bonchev–Trinajstić information content (AvgIpc) is 3.15. The Balaban J connectivity index is 1.68. The van der Waals surface area contributed by atoms with E-state index in [4.69, 9.17) is 37.9 Å². The van der Waals surface area contributed by atoms with E-state index in [1.807, 2.05) is 36.4 Å². The topological polar surface area (TPSA) is 142 Å². The lowest BCUT2D eigenvalue weighted by atomic mass is 9.97. The molecule has 0 aliphatic heterocycles. The molecule has 280 valence electrons. The molecule has 0 heterocycles. The van der Waals surface area contributed by atoms with Crippen LogP contribution in [-0.2, 0) is 38.1 Å². The van der Waals surface area contributed by atoms with Crippen LogP contribution >= 0.6 is 0 Å². The Hall–Kier alpha value is -6.18. The quantitative estimate of drug-likeness (QED) is 0.0617. The van der Waals surface area contributed by atoms with E-state index in [1.54, 1.807) is 24.3 Å². The van der Waals surface area contributed by atoms with Crippen molar-refractivity contribution in [1.29, 1.82) is 0 Å². The Morgan fingerprint density at radius 3 is 0.944 bits per heavy atom. The van der Waals surface area contributed by atoms with E-state index in [1.165, 1.54) is 40.6 Å². The van der Waals surface area contributed by atoms with Crippen LogP contribution in [0.2, 0.25) is 0 Å². The first kappa shape index (κ1) is 40.6. The average molecular weight is 737 g/mol. The summed E-state index contributed by atoms with van der Waals surface area (Å²) in [6.07, 6.45) is 0. The maximum atomic E-state index is 12.8. The van der Waals surface area contributed by atoms with Gasteiger partial charge in [0.2, 0.25) is 0 Å². The highest BCUT2D eigenvalue weighted by Crippen LogP contribution is 2.37. The predicted octanol–water partition coefficient (Wildman–Crippen LogP) is 6.61. The Bertz CT molecular complexity index is 1980. The molecular formula is C42H40O12. The highest BCUT2D eigenvalue weighted by atomic mass is 16.6. The summed E-state index contributed by atoms with van der Waals surface area (Å²) in [5.41, 5.74) is 3.16. The maximum absolute atomic E-state index is 12.8. The monoisotopic (exact) mass is 736 g/mol. The Morgan fingerprint density at radius 1 is 0.389 bits per heavy atom. The number of ether oxygens (including phenoxy) is 8. The van der Waals surface area contributed by atoms with Gasteiger partial charge in [-0.05, 0) is 69.4 Å². The van der Waals surface area contributed by atoms with Crippen LogP contribution in [0.3, 0.4) is 0 Å². The van der Waals surface area contributed by atoms with Gasteiger partial charge in [-0.3, -0.25) is 0 Å². The smallest absolute Gasteiger partial charge is 0.341 e. The Kier molecular flexibility index (Phi) is 14.3. The van der Waals surface area contributed by atoms with E-state index in [0.29, 0.717) is 11.1 Å². The van der Waals surface area contributed by atoms with Gasteiger partial charge < -0.3 is 37.9 Å². The van der Waals surface area contributed by atoms with Crippen molar-refractivity contribution in [2.75, 3.05) is 54.9 Å². The van der Waals surface area contributed by atoms with Gasteiger partial charge >= 0.3 is 23.9 Å². The van der Waals surface area contributed by atoms with Crippen LogP contribution in [0.5, 0.6) is 23.0 Å². The second kappa shape index (κ2) is 19.1. The molecule has 0 fully saturated rings. The van der Waals surface area contributed by atoms with Gasteiger partial charge in [0.1, 0.15) is 0 Å². The minimum Gasteiger partial charge on any atom is -0.419 e. The summed E-state index contributed by atoms with van der Waals surface area (Å²) in [4.78, 5) is 50.7. The molecule has 0 spiro atoms. The first-order chi connectivity index (χ1) is 25.9. The van der Waals surface area contributed by atoms with Crippen LogP contribution in [0, 0.1) is 0 Å². The van der Waals surface area contributed by atoms with Crippen LogP contribution in [0.15, 0.2) is 121 Å². The molecular weight excluding hydrogens is 696 g/mol. The Labute approximate surface area is 312 Å². The highest BCUT2D eigenvalue weighted by molar-refractivity contribution is 5.95. The van der Waals surface area contributed by atoms with Gasteiger partial charge in [0.25, 0.3) is 0 Å². The van der Waals surface area contributed by atoms with Crippen LogP contribution < -0.4 is 18.9 Å². The molecule has 4 rings (SSSR count). The van der Waals surface area contributed by atoms with E-state index in [9.17, 15) is 19.2 Å². The zero-order valence-corrected chi connectivity index (χ0v) is 30.5. The van der Waals surface area contributed by atoms with Gasteiger partial charge in [-0.25, -0.2) is 19.2 Å². The molecule has 12 nitrogen and oxygen atoms in total. The molecule has 0 aliphatic carbocycles. The second-order valence-electron chi connectivity index (χ2n) is 11.8. The number of hydrogen-bond acceptors (Lipinski definition) is 12. The Morgan fingerprint density at radius 2 is 0.648 bits per heavy atom. The van der Waals surface area contributed by atoms with Crippen LogP contribution in [0.25, 0.3) is 33.0 Å². The van der Waals surface area contributed by atoms with Gasteiger partial charge in [-0.2, -0.15) is 0 Å². The van der Waals surface area contributed by atoms with Crippen molar-refractivity contribution in [3.8, 4) is 45.3 Å². The molecule has 0 radical (unpaired) electrons. The molecule has 0 saturated carbocycles. The van der Waals surface area contributed by atoms with E-state index >= 15 is 0 Å². The molecule has 0 unspecified atom stereocenters. The van der Waals surface area contributed by atoms with Crippen LogP contribution in [-0.4, -0.2) is 78.7 Å². The summed E-state index contributed by atoms with van der Waals surface area (Å²) < 4.78 is 42.1. The third-order valence-corrected chi connectivity index (χ3v) is 7.63. The fourth-order valence-electron chi connectivity index (χ4n) is 4.93. The fourth-order valence-corrected chi connectivity index (χ4v) is 4.93. The van der Waals surface area contributed by atoms with Crippen molar-refractivity contribution in [3.05, 3.63) is 121 Å². The standard InChI is InChI=1S/C42H40O12/c1-25(21-47-5)39(43)51-35-15-13-33(19-37(35)53-41(45)27(3)23-49-7)31-11-9-30-18-32(12-10-29(30)17-31)34-14-16-36(52-40(44)26(2)22-48-6)38(20-34)54-42(46)28(4)24-50-8/h9-20H,1-4,21-24H2,5-8H3. The van der Waals surface area contributed by atoms with Gasteiger partial charge in [0, 0.05) is 28.4 Å². The zero-order valence-electron chi connectivity index (χ0n) is 30.5. The zero-order chi connectivity index (χ0) is 39.4. The lowest BCUT2D eigenvalue weighted by Gasteiger charge is -2.15. The molecule has 4 aromatic rings. The predicted molar refractivity (Wildman–Crippen MR) is 201 cm³/mol. The highest BCUT2D eigenvalue weighted by Gasteiger charge is 2.21. The van der Waals surface area contributed by atoms with Crippen LogP contribution in [0.4, 0.5) is 0 Å². The van der Waals surface area contributed by atoms with Gasteiger partial charge in [0.05, 0.1) is 48.7 Å². The third kappa shape index (κ3) is 10.5. The summed E-state index contributed by atoms with van der Waals surface area (Å²) in [6, 6.07) is 21.1. The lowest BCUT2D eigenvalue weighted by Crippen LogP contribution is -2.17. The number of carbonyl (C=O) groups is 4. The summed E-state index contributed by atoms with van der Waals surface area (Å²) >= 11 is 0. The fraction of sp³-hybridized carbons (Fsp3) is 0.190. The first-order valence-electron chi connectivity index (χ1n) is 16.3. The van der Waals surface area contributed by atoms with Crippen molar-refractivity contribution in [2.24, 2.45) is 0 Å². The molecule has 0 saturated heterocycles. The number of carbonyl (C=O) groups excluding carboxylic acids is 4. The minimum absolute atomic E-state index is 0.00115. The molecule has 0 atom stereocenters. The summed E-state index contributed by atoms with van der Waals surface area (Å²) in [5, 5.41) is 1.75. The number of fused-ring (bicyclic) bond motifs is 1. The number of methoxy groups -OCH3 is 4. The van der Waals surface area contributed by atoms with Gasteiger partial charge in [0.15, 0.2) is 23.0 Å². The molecule has 12 heteroatoms. The number of benzene rings is 4. The summed E-state index contributed by atoms with van der Waals surface area (Å²) in [7, 11) is 5.69. The number of esters is 4. The van der Waals surface area contributed by atoms with E-state index in [2.05, 4.69) is 26.3 Å². The van der Waals surface area contributed by atoms with Crippen LogP contribution in [0.1, 0.15) is 0 Å². The molecule has 0 aromatic heterocycles. The summed E-state index contributed by atoms with van der Waals surface area (Å²) in [6.45, 7) is 14.5. The van der Waals surface area contributed by atoms with Gasteiger partial charge in [-0.1, -0.05) is 62.7 Å². The van der Waals surface area contributed by atoms with Crippen molar-refractivity contribution in [1.82, 2.24) is 0 Å². The van der Waals surface area contributed by atoms with E-state index in [0.717, 1.165) is 21.9 Å². The molecule has 54 heavy (non-hydrogen) atoms. The summed E-state index contributed by atoms with van der Waals surface area (Å²) in [5.74, 6) is -3.03. The first-order valence-corrected chi connectivity index (χ1v) is 16.3. The molecule has 0 N–H and O–H groups in total. The largest absolute Gasteiger partial charge is 0.419 e. The SMILES string of the molecule is C=C(COC)C(=O)Oc1ccc(-c2ccc3cc(-c4ccc(OC(=O)C(=C)COC)c(OC(=O)C(=C)COC)c4)ccc3c2)cc1OC(=O)C(=C)COC. The molecule has 0 amide bonds. The van der Waals surface area contributed by atoms with E-state index < -0.39 is 23.9 Å². The van der Waals surface area contributed by atoms with E-state index in [-0.39, 0.29) is 71.7 Å². The molecule has 4 aromatic carbocycles. The minimum atomic E-state index is -0.756. The van der Waals surface area contributed by atoms with Crippen molar-refractivity contribution in [2.45, 2.75) is 0 Å².